The lowest BCUT2D eigenvalue weighted by molar-refractivity contribution is 0.0747. The summed E-state index contributed by atoms with van der Waals surface area (Å²) >= 11 is 0. The highest BCUT2D eigenvalue weighted by Gasteiger charge is 2.40. The molecule has 132 valence electrons. The Morgan fingerprint density at radius 2 is 1.48 bits per heavy atom. The van der Waals surface area contributed by atoms with Crippen LogP contribution < -0.4 is 0 Å². The summed E-state index contributed by atoms with van der Waals surface area (Å²) in [6, 6.07) is 28.8. The molecule has 0 fully saturated rings. The van der Waals surface area contributed by atoms with E-state index in [4.69, 9.17) is 0 Å². The van der Waals surface area contributed by atoms with Crippen LogP contribution in [0.2, 0.25) is 0 Å². The lowest BCUT2D eigenvalue weighted by Gasteiger charge is -2.26. The second-order valence-electron chi connectivity index (χ2n) is 7.01. The second-order valence-corrected chi connectivity index (χ2v) is 7.01. The lowest BCUT2D eigenvalue weighted by atomic mass is 9.98. The van der Waals surface area contributed by atoms with Crippen LogP contribution in [0, 0.1) is 0 Å². The quantitative estimate of drug-likeness (QED) is 0.554. The van der Waals surface area contributed by atoms with Gasteiger partial charge in [0.25, 0.3) is 5.91 Å². The lowest BCUT2D eigenvalue weighted by Crippen LogP contribution is -2.31. The molecule has 0 radical (unpaired) electrons. The molecule has 0 spiro atoms. The molecular weight excluding hydrogens is 332 g/mol. The number of aromatic amines is 1. The van der Waals surface area contributed by atoms with E-state index in [1.54, 1.807) is 0 Å². The fourth-order valence-corrected chi connectivity index (χ4v) is 4.14. The van der Waals surface area contributed by atoms with Crippen molar-refractivity contribution in [2.45, 2.75) is 12.5 Å². The Hall–Kier alpha value is -3.33. The zero-order valence-electron chi connectivity index (χ0n) is 14.9. The van der Waals surface area contributed by atoms with Gasteiger partial charge in [-0.15, -0.1) is 0 Å². The zero-order chi connectivity index (χ0) is 18.2. The van der Waals surface area contributed by atoms with E-state index in [1.807, 2.05) is 59.5 Å². The molecule has 5 rings (SSSR count). The van der Waals surface area contributed by atoms with Crippen molar-refractivity contribution in [3.05, 3.63) is 107 Å². The van der Waals surface area contributed by atoms with Gasteiger partial charge in [0, 0.05) is 23.0 Å². The van der Waals surface area contributed by atoms with Gasteiger partial charge in [0.2, 0.25) is 0 Å². The Morgan fingerprint density at radius 1 is 0.815 bits per heavy atom. The fourth-order valence-electron chi connectivity index (χ4n) is 4.14. The molecule has 1 atom stereocenters. The monoisotopic (exact) mass is 352 g/mol. The largest absolute Gasteiger partial charge is 0.350 e. The first kappa shape index (κ1) is 15.9. The highest BCUT2D eigenvalue weighted by Crippen LogP contribution is 2.42. The number of amides is 1. The number of benzene rings is 3. The molecule has 0 saturated heterocycles. The number of H-pyrrole nitrogens is 1. The molecule has 1 aromatic heterocycles. The highest BCUT2D eigenvalue weighted by atomic mass is 16.2. The molecule has 1 aliphatic rings. The number of carbonyl (C=O) groups is 1. The standard InChI is InChI=1S/C24H20N2O/c27-24-22-21(19-13-7-8-14-20(19)25-22)23(18-11-5-2-6-12-18)26(24)16-15-17-9-3-1-4-10-17/h1-14,23,25H,15-16H2. The van der Waals surface area contributed by atoms with Crippen molar-refractivity contribution in [2.24, 2.45) is 0 Å². The number of carbonyl (C=O) groups excluding carboxylic acids is 1. The molecule has 0 saturated carbocycles. The van der Waals surface area contributed by atoms with Gasteiger partial charge in [-0.05, 0) is 23.6 Å². The number of para-hydroxylation sites is 1. The Labute approximate surface area is 158 Å². The van der Waals surface area contributed by atoms with Crippen LogP contribution in [0.15, 0.2) is 84.9 Å². The third-order valence-electron chi connectivity index (χ3n) is 5.41. The summed E-state index contributed by atoms with van der Waals surface area (Å²) in [5.74, 6) is 0.0889. The molecule has 0 aliphatic carbocycles. The number of nitrogens with zero attached hydrogens (tertiary/aromatic N) is 1. The molecule has 3 nitrogen and oxygen atoms in total. The van der Waals surface area contributed by atoms with E-state index < -0.39 is 0 Å². The Kier molecular flexibility index (Phi) is 3.79. The van der Waals surface area contributed by atoms with Gasteiger partial charge < -0.3 is 9.88 Å². The van der Waals surface area contributed by atoms with Crippen LogP contribution in [0.4, 0.5) is 0 Å². The van der Waals surface area contributed by atoms with E-state index in [0.717, 1.165) is 34.1 Å². The van der Waals surface area contributed by atoms with E-state index in [2.05, 4.69) is 35.3 Å². The molecule has 3 heteroatoms. The fraction of sp³-hybridized carbons (Fsp3) is 0.125. The molecule has 3 aromatic carbocycles. The molecule has 4 aromatic rings. The molecule has 1 aliphatic heterocycles. The van der Waals surface area contributed by atoms with Crippen molar-refractivity contribution in [2.75, 3.05) is 6.54 Å². The summed E-state index contributed by atoms with van der Waals surface area (Å²) in [5, 5.41) is 1.14. The Balaban J connectivity index is 1.59. The molecule has 1 N–H and O–H groups in total. The van der Waals surface area contributed by atoms with Gasteiger partial charge in [0.05, 0.1) is 6.04 Å². The maximum absolute atomic E-state index is 13.3. The zero-order valence-corrected chi connectivity index (χ0v) is 14.9. The first-order valence-electron chi connectivity index (χ1n) is 9.33. The van der Waals surface area contributed by atoms with Gasteiger partial charge >= 0.3 is 0 Å². The van der Waals surface area contributed by atoms with Crippen LogP contribution in [-0.4, -0.2) is 22.3 Å². The number of hydrogen-bond acceptors (Lipinski definition) is 1. The molecule has 2 heterocycles. The van der Waals surface area contributed by atoms with Gasteiger partial charge in [-0.3, -0.25) is 4.79 Å². The molecule has 1 unspecified atom stereocenters. The van der Waals surface area contributed by atoms with Crippen molar-refractivity contribution >= 4 is 16.8 Å². The van der Waals surface area contributed by atoms with Gasteiger partial charge in [0.15, 0.2) is 0 Å². The first-order chi connectivity index (χ1) is 13.3. The summed E-state index contributed by atoms with van der Waals surface area (Å²) in [6.07, 6.45) is 0.845. The SMILES string of the molecule is O=C1c2[nH]c3ccccc3c2C(c2ccccc2)N1CCc1ccccc1. The summed E-state index contributed by atoms with van der Waals surface area (Å²) in [5.41, 5.74) is 5.27. The first-order valence-corrected chi connectivity index (χ1v) is 9.33. The van der Waals surface area contributed by atoms with Crippen LogP contribution in [-0.2, 0) is 6.42 Å². The predicted octanol–water partition coefficient (Wildman–Crippen LogP) is 4.96. The van der Waals surface area contributed by atoms with E-state index in [9.17, 15) is 4.79 Å². The van der Waals surface area contributed by atoms with E-state index in [0.29, 0.717) is 6.54 Å². The number of nitrogens with one attached hydrogen (secondary N) is 1. The topological polar surface area (TPSA) is 36.1 Å². The minimum absolute atomic E-state index is 0.0476. The smallest absolute Gasteiger partial charge is 0.271 e. The predicted molar refractivity (Wildman–Crippen MR) is 108 cm³/mol. The third kappa shape index (κ3) is 2.63. The number of rotatable bonds is 4. The maximum Gasteiger partial charge on any atom is 0.271 e. The highest BCUT2D eigenvalue weighted by molar-refractivity contribution is 6.05. The summed E-state index contributed by atoms with van der Waals surface area (Å²) < 4.78 is 0. The molecular formula is C24H20N2O. The van der Waals surface area contributed by atoms with Crippen molar-refractivity contribution in [3.63, 3.8) is 0 Å². The van der Waals surface area contributed by atoms with Crippen LogP contribution in [0.25, 0.3) is 10.9 Å². The Bertz CT molecular complexity index is 1100. The van der Waals surface area contributed by atoms with Crippen molar-refractivity contribution in [1.82, 2.24) is 9.88 Å². The third-order valence-corrected chi connectivity index (χ3v) is 5.41. The van der Waals surface area contributed by atoms with Gasteiger partial charge in [0.1, 0.15) is 5.69 Å². The van der Waals surface area contributed by atoms with Gasteiger partial charge in [-0.25, -0.2) is 0 Å². The molecule has 0 bridgehead atoms. The van der Waals surface area contributed by atoms with Crippen molar-refractivity contribution in [1.29, 1.82) is 0 Å². The average molecular weight is 352 g/mol. The van der Waals surface area contributed by atoms with E-state index in [1.165, 1.54) is 5.56 Å². The average Bonchev–Trinajstić information content (AvgIpc) is 3.23. The van der Waals surface area contributed by atoms with Crippen LogP contribution in [0.5, 0.6) is 0 Å². The Morgan fingerprint density at radius 3 is 2.26 bits per heavy atom. The minimum atomic E-state index is -0.0476. The second kappa shape index (κ2) is 6.44. The van der Waals surface area contributed by atoms with Crippen LogP contribution >= 0.6 is 0 Å². The number of fused-ring (bicyclic) bond motifs is 3. The van der Waals surface area contributed by atoms with Crippen molar-refractivity contribution in [3.8, 4) is 0 Å². The van der Waals surface area contributed by atoms with E-state index in [-0.39, 0.29) is 11.9 Å². The van der Waals surface area contributed by atoms with Gasteiger partial charge in [-0.2, -0.15) is 0 Å². The maximum atomic E-state index is 13.3. The molecule has 27 heavy (non-hydrogen) atoms. The normalized spacial score (nSPS) is 16.1. The van der Waals surface area contributed by atoms with Gasteiger partial charge in [-0.1, -0.05) is 78.9 Å². The number of aromatic nitrogens is 1. The van der Waals surface area contributed by atoms with Crippen LogP contribution in [0.1, 0.15) is 33.2 Å². The summed E-state index contributed by atoms with van der Waals surface area (Å²) in [4.78, 5) is 18.6. The minimum Gasteiger partial charge on any atom is -0.350 e. The summed E-state index contributed by atoms with van der Waals surface area (Å²) in [6.45, 7) is 0.694. The van der Waals surface area contributed by atoms with E-state index >= 15 is 0 Å². The summed E-state index contributed by atoms with van der Waals surface area (Å²) in [7, 11) is 0. The number of hydrogen-bond donors (Lipinski definition) is 1. The van der Waals surface area contributed by atoms with Crippen LogP contribution in [0.3, 0.4) is 0 Å². The molecule has 1 amide bonds. The van der Waals surface area contributed by atoms with Crippen molar-refractivity contribution < 1.29 is 4.79 Å².